The van der Waals surface area contributed by atoms with Gasteiger partial charge in [0.2, 0.25) is 0 Å². The molecular formula is C13H17F2NS. The van der Waals surface area contributed by atoms with Crippen molar-refractivity contribution in [3.63, 3.8) is 0 Å². The molecule has 0 bridgehead atoms. The Kier molecular flexibility index (Phi) is 4.26. The van der Waals surface area contributed by atoms with Crippen LogP contribution < -0.4 is 5.32 Å². The maximum atomic E-state index is 12.4. The Labute approximate surface area is 105 Å². The van der Waals surface area contributed by atoms with E-state index >= 15 is 0 Å². The molecule has 0 amide bonds. The highest BCUT2D eigenvalue weighted by atomic mass is 32.2. The number of halogens is 2. The minimum atomic E-state index is -2.36. The van der Waals surface area contributed by atoms with E-state index in [4.69, 9.17) is 0 Å². The first-order valence-electron chi connectivity index (χ1n) is 5.95. The summed E-state index contributed by atoms with van der Waals surface area (Å²) in [4.78, 5) is 0.630. The maximum Gasteiger partial charge on any atom is 0.288 e. The van der Waals surface area contributed by atoms with Gasteiger partial charge in [0, 0.05) is 16.6 Å². The Morgan fingerprint density at radius 1 is 1.35 bits per heavy atom. The SMILES string of the molecule is CC(CC1CC1)Nc1ccccc1SC(F)F. The second-order valence-electron chi connectivity index (χ2n) is 4.60. The maximum absolute atomic E-state index is 12.4. The molecule has 1 fully saturated rings. The van der Waals surface area contributed by atoms with E-state index < -0.39 is 5.76 Å². The van der Waals surface area contributed by atoms with Gasteiger partial charge in [-0.25, -0.2) is 0 Å². The quantitative estimate of drug-likeness (QED) is 0.747. The van der Waals surface area contributed by atoms with E-state index in [9.17, 15) is 8.78 Å². The van der Waals surface area contributed by atoms with Crippen molar-refractivity contribution in [1.29, 1.82) is 0 Å². The third-order valence-electron chi connectivity index (χ3n) is 2.89. The van der Waals surface area contributed by atoms with Crippen LogP contribution in [0.15, 0.2) is 29.2 Å². The van der Waals surface area contributed by atoms with E-state index in [0.717, 1.165) is 18.0 Å². The molecule has 0 radical (unpaired) electrons. The monoisotopic (exact) mass is 257 g/mol. The molecular weight excluding hydrogens is 240 g/mol. The number of benzene rings is 1. The van der Waals surface area contributed by atoms with Crippen molar-refractivity contribution >= 4 is 17.4 Å². The number of thioether (sulfide) groups is 1. The van der Waals surface area contributed by atoms with Crippen LogP contribution >= 0.6 is 11.8 Å². The molecule has 17 heavy (non-hydrogen) atoms. The van der Waals surface area contributed by atoms with Gasteiger partial charge in [-0.3, -0.25) is 0 Å². The molecule has 1 aromatic carbocycles. The predicted octanol–water partition coefficient (Wildman–Crippen LogP) is 4.60. The smallest absolute Gasteiger partial charge is 0.288 e. The molecule has 2 rings (SSSR count). The lowest BCUT2D eigenvalue weighted by Crippen LogP contribution is -2.16. The van der Waals surface area contributed by atoms with E-state index in [0.29, 0.717) is 22.7 Å². The van der Waals surface area contributed by atoms with Gasteiger partial charge in [0.1, 0.15) is 0 Å². The lowest BCUT2D eigenvalue weighted by molar-refractivity contribution is 0.252. The predicted molar refractivity (Wildman–Crippen MR) is 68.7 cm³/mol. The van der Waals surface area contributed by atoms with Crippen LogP contribution in [0, 0.1) is 5.92 Å². The molecule has 1 aliphatic carbocycles. The standard InChI is InChI=1S/C13H17F2NS/c1-9(8-10-6-7-10)16-11-4-2-3-5-12(11)17-13(14)15/h2-5,9-10,13,16H,6-8H2,1H3. The van der Waals surface area contributed by atoms with E-state index in [-0.39, 0.29) is 0 Å². The molecule has 1 aromatic rings. The van der Waals surface area contributed by atoms with Crippen molar-refractivity contribution in [3.8, 4) is 0 Å². The first-order valence-corrected chi connectivity index (χ1v) is 6.83. The van der Waals surface area contributed by atoms with Crippen molar-refractivity contribution in [1.82, 2.24) is 0 Å². The van der Waals surface area contributed by atoms with Crippen LogP contribution in [0.1, 0.15) is 26.2 Å². The fourth-order valence-corrected chi connectivity index (χ4v) is 2.57. The first-order chi connectivity index (χ1) is 8.15. The molecule has 0 aromatic heterocycles. The van der Waals surface area contributed by atoms with Crippen molar-refractivity contribution in [3.05, 3.63) is 24.3 Å². The zero-order valence-corrected chi connectivity index (χ0v) is 10.6. The molecule has 0 heterocycles. The zero-order chi connectivity index (χ0) is 12.3. The third kappa shape index (κ3) is 4.19. The van der Waals surface area contributed by atoms with Gasteiger partial charge >= 0.3 is 0 Å². The number of hydrogen-bond donors (Lipinski definition) is 1. The molecule has 0 spiro atoms. The van der Waals surface area contributed by atoms with Gasteiger partial charge in [0.15, 0.2) is 0 Å². The topological polar surface area (TPSA) is 12.0 Å². The Hall–Kier alpha value is -0.770. The third-order valence-corrected chi connectivity index (χ3v) is 3.68. The van der Waals surface area contributed by atoms with Crippen LogP contribution in [0.5, 0.6) is 0 Å². The Morgan fingerprint density at radius 2 is 2.06 bits per heavy atom. The van der Waals surface area contributed by atoms with Gasteiger partial charge in [-0.2, -0.15) is 8.78 Å². The van der Waals surface area contributed by atoms with E-state index in [1.165, 1.54) is 12.8 Å². The second-order valence-corrected chi connectivity index (χ2v) is 5.63. The summed E-state index contributed by atoms with van der Waals surface area (Å²) in [5.41, 5.74) is 0.825. The number of anilines is 1. The summed E-state index contributed by atoms with van der Waals surface area (Å²) in [6, 6.07) is 7.63. The van der Waals surface area contributed by atoms with Crippen LogP contribution in [-0.2, 0) is 0 Å². The van der Waals surface area contributed by atoms with E-state index in [1.54, 1.807) is 12.1 Å². The van der Waals surface area contributed by atoms with Gasteiger partial charge in [-0.15, -0.1) is 0 Å². The molecule has 1 aliphatic rings. The number of rotatable bonds is 6. The average molecular weight is 257 g/mol. The molecule has 4 heteroatoms. The van der Waals surface area contributed by atoms with Crippen LogP contribution in [0.3, 0.4) is 0 Å². The largest absolute Gasteiger partial charge is 0.382 e. The van der Waals surface area contributed by atoms with Gasteiger partial charge in [0.25, 0.3) is 5.76 Å². The van der Waals surface area contributed by atoms with Crippen LogP contribution in [0.25, 0.3) is 0 Å². The van der Waals surface area contributed by atoms with Gasteiger partial charge in [0.05, 0.1) is 0 Å². The van der Waals surface area contributed by atoms with Crippen molar-refractivity contribution in [2.45, 2.75) is 42.9 Å². The minimum Gasteiger partial charge on any atom is -0.382 e. The summed E-state index contributed by atoms with van der Waals surface area (Å²) < 4.78 is 24.8. The Morgan fingerprint density at radius 3 is 2.71 bits per heavy atom. The number of alkyl halides is 2. The Bertz CT molecular complexity index is 366. The van der Waals surface area contributed by atoms with E-state index in [1.807, 2.05) is 12.1 Å². The van der Waals surface area contributed by atoms with Crippen molar-refractivity contribution in [2.75, 3.05) is 5.32 Å². The highest BCUT2D eigenvalue weighted by molar-refractivity contribution is 7.99. The lowest BCUT2D eigenvalue weighted by atomic mass is 10.1. The van der Waals surface area contributed by atoms with Crippen LogP contribution in [0.2, 0.25) is 0 Å². The summed E-state index contributed by atoms with van der Waals surface area (Å²) in [5.74, 6) is -1.52. The fraction of sp³-hybridized carbons (Fsp3) is 0.538. The molecule has 94 valence electrons. The summed E-state index contributed by atoms with van der Waals surface area (Å²) in [7, 11) is 0. The molecule has 1 atom stereocenters. The van der Waals surface area contributed by atoms with Crippen LogP contribution in [-0.4, -0.2) is 11.8 Å². The van der Waals surface area contributed by atoms with Gasteiger partial charge in [-0.1, -0.05) is 36.7 Å². The summed E-state index contributed by atoms with van der Waals surface area (Å²) >= 11 is 0.606. The van der Waals surface area contributed by atoms with Crippen LogP contribution in [0.4, 0.5) is 14.5 Å². The molecule has 1 saturated carbocycles. The second kappa shape index (κ2) is 5.71. The number of nitrogens with one attached hydrogen (secondary N) is 1. The normalized spacial score (nSPS) is 17.2. The molecule has 1 N–H and O–H groups in total. The van der Waals surface area contributed by atoms with Crippen molar-refractivity contribution < 1.29 is 8.78 Å². The van der Waals surface area contributed by atoms with Gasteiger partial charge in [-0.05, 0) is 31.4 Å². The summed E-state index contributed by atoms with van der Waals surface area (Å²) in [5, 5.41) is 3.33. The minimum absolute atomic E-state index is 0.349. The Balaban J connectivity index is 1.97. The zero-order valence-electron chi connectivity index (χ0n) is 9.83. The molecule has 1 nitrogen and oxygen atoms in total. The highest BCUT2D eigenvalue weighted by Crippen LogP contribution is 2.36. The highest BCUT2D eigenvalue weighted by Gasteiger charge is 2.23. The van der Waals surface area contributed by atoms with E-state index in [2.05, 4.69) is 12.2 Å². The molecule has 0 saturated heterocycles. The fourth-order valence-electron chi connectivity index (χ4n) is 1.96. The summed E-state index contributed by atoms with van der Waals surface area (Å²) in [6.07, 6.45) is 3.77. The first kappa shape index (κ1) is 12.7. The lowest BCUT2D eigenvalue weighted by Gasteiger charge is -2.17. The summed E-state index contributed by atoms with van der Waals surface area (Å²) in [6.45, 7) is 2.11. The number of para-hydroxylation sites is 1. The van der Waals surface area contributed by atoms with Gasteiger partial charge < -0.3 is 5.32 Å². The number of hydrogen-bond acceptors (Lipinski definition) is 2. The van der Waals surface area contributed by atoms with Crippen molar-refractivity contribution in [2.24, 2.45) is 5.92 Å². The molecule has 0 aliphatic heterocycles. The average Bonchev–Trinajstić information content (AvgIpc) is 3.04. The molecule has 1 unspecified atom stereocenters.